The number of likely N-dealkylation sites (tertiary alicyclic amines) is 1. The number of piperidine rings is 1. The lowest BCUT2D eigenvalue weighted by Crippen LogP contribution is -2.53. The van der Waals surface area contributed by atoms with Crippen molar-refractivity contribution in [3.05, 3.63) is 36.0 Å². The molecule has 2 aromatic rings. The minimum Gasteiger partial charge on any atom is -0.469 e. The van der Waals surface area contributed by atoms with Gasteiger partial charge in [-0.2, -0.15) is 0 Å². The number of rotatable bonds is 4. The van der Waals surface area contributed by atoms with E-state index in [1.807, 2.05) is 0 Å². The number of nitrogens with one attached hydrogen (secondary N) is 1. The Morgan fingerprint density at radius 3 is 3.04 bits per heavy atom. The number of ether oxygens (including phenoxy) is 2. The number of aromatic amines is 1. The first-order valence-electron chi connectivity index (χ1n) is 9.64. The third-order valence-electron chi connectivity index (χ3n) is 6.33. The second kappa shape index (κ2) is 7.41. The molecule has 2 saturated heterocycles. The van der Waals surface area contributed by atoms with Crippen LogP contribution in [-0.4, -0.2) is 55.3 Å². The van der Waals surface area contributed by atoms with Crippen molar-refractivity contribution in [3.63, 3.8) is 0 Å². The van der Waals surface area contributed by atoms with E-state index in [0.717, 1.165) is 32.5 Å². The molecule has 0 aliphatic carbocycles. The maximum atomic E-state index is 12.1. The number of nitrogens with zero attached hydrogens (tertiary/aromatic N) is 1. The number of aromatic nitrogens is 1. The molecule has 4 unspecified atom stereocenters. The second-order valence-corrected chi connectivity index (χ2v) is 7.69. The summed E-state index contributed by atoms with van der Waals surface area (Å²) in [6.07, 6.45) is 4.43. The first-order chi connectivity index (χ1) is 12.7. The summed E-state index contributed by atoms with van der Waals surface area (Å²) in [6, 6.07) is 8.47. The van der Waals surface area contributed by atoms with Crippen LogP contribution in [0.2, 0.25) is 0 Å². The Balaban J connectivity index is 1.40. The lowest BCUT2D eigenvalue weighted by Gasteiger charge is -2.47. The van der Waals surface area contributed by atoms with Gasteiger partial charge in [0, 0.05) is 36.1 Å². The fraction of sp³-hybridized carbons (Fsp3) is 0.571. The lowest BCUT2D eigenvalue weighted by molar-refractivity contribution is -0.166. The topological polar surface area (TPSA) is 54.6 Å². The number of benzene rings is 1. The lowest BCUT2D eigenvalue weighted by atomic mass is 9.72. The van der Waals surface area contributed by atoms with Crippen LogP contribution in [0.1, 0.15) is 18.9 Å². The van der Waals surface area contributed by atoms with E-state index in [9.17, 15) is 4.79 Å². The van der Waals surface area contributed by atoms with Gasteiger partial charge in [-0.05, 0) is 43.9 Å². The Morgan fingerprint density at radius 1 is 1.35 bits per heavy atom. The van der Waals surface area contributed by atoms with Crippen LogP contribution in [0.5, 0.6) is 0 Å². The summed E-state index contributed by atoms with van der Waals surface area (Å²) in [5, 5.41) is 1.32. The number of carbonyl (C=O) groups is 1. The van der Waals surface area contributed by atoms with Gasteiger partial charge in [-0.25, -0.2) is 0 Å². The zero-order chi connectivity index (χ0) is 18.1. The van der Waals surface area contributed by atoms with Crippen LogP contribution in [-0.2, 0) is 20.7 Å². The summed E-state index contributed by atoms with van der Waals surface area (Å²) in [4.78, 5) is 18.0. The van der Waals surface area contributed by atoms with Crippen molar-refractivity contribution in [2.45, 2.75) is 25.9 Å². The van der Waals surface area contributed by atoms with Gasteiger partial charge in [0.05, 0.1) is 25.7 Å². The van der Waals surface area contributed by atoms with E-state index < -0.39 is 0 Å². The third-order valence-corrected chi connectivity index (χ3v) is 6.33. The highest BCUT2D eigenvalue weighted by Gasteiger charge is 2.44. The minimum atomic E-state index is -0.112. The zero-order valence-corrected chi connectivity index (χ0v) is 15.6. The summed E-state index contributed by atoms with van der Waals surface area (Å²) in [5.74, 6) is 0.580. The molecular weight excluding hydrogens is 328 g/mol. The van der Waals surface area contributed by atoms with Crippen LogP contribution in [0.15, 0.2) is 30.5 Å². The molecule has 26 heavy (non-hydrogen) atoms. The predicted octanol–water partition coefficient (Wildman–Crippen LogP) is 2.86. The van der Waals surface area contributed by atoms with Crippen molar-refractivity contribution in [2.24, 2.45) is 17.8 Å². The molecule has 5 nitrogen and oxygen atoms in total. The largest absolute Gasteiger partial charge is 0.469 e. The number of esters is 1. The van der Waals surface area contributed by atoms with Gasteiger partial charge in [-0.15, -0.1) is 0 Å². The number of methoxy groups -OCH3 is 1. The van der Waals surface area contributed by atoms with Gasteiger partial charge in [0.2, 0.25) is 0 Å². The molecule has 4 atom stereocenters. The first-order valence-corrected chi connectivity index (χ1v) is 9.64. The molecule has 0 amide bonds. The highest BCUT2D eigenvalue weighted by Crippen LogP contribution is 2.38. The molecule has 1 aromatic heterocycles. The summed E-state index contributed by atoms with van der Waals surface area (Å²) < 4.78 is 10.9. The van der Waals surface area contributed by atoms with Crippen LogP contribution in [0.25, 0.3) is 10.9 Å². The SMILES string of the molecule is COC(=O)C1COC(C)C2CN(CCc3c[nH]c4ccccc34)CCC12. The van der Waals surface area contributed by atoms with Crippen LogP contribution in [0, 0.1) is 17.8 Å². The van der Waals surface area contributed by atoms with Crippen molar-refractivity contribution in [3.8, 4) is 0 Å². The molecule has 2 aliphatic heterocycles. The fourth-order valence-electron chi connectivity index (χ4n) is 4.78. The molecule has 2 fully saturated rings. The van der Waals surface area contributed by atoms with Crippen LogP contribution in [0.4, 0.5) is 0 Å². The van der Waals surface area contributed by atoms with Crippen molar-refractivity contribution in [2.75, 3.05) is 33.4 Å². The van der Waals surface area contributed by atoms with Gasteiger partial charge in [0.15, 0.2) is 0 Å². The Kier molecular flexibility index (Phi) is 5.00. The quantitative estimate of drug-likeness (QED) is 0.856. The summed E-state index contributed by atoms with van der Waals surface area (Å²) in [5.41, 5.74) is 2.58. The monoisotopic (exact) mass is 356 g/mol. The van der Waals surface area contributed by atoms with E-state index in [-0.39, 0.29) is 18.0 Å². The normalized spacial score (nSPS) is 29.5. The van der Waals surface area contributed by atoms with Gasteiger partial charge in [-0.3, -0.25) is 4.79 Å². The molecule has 2 aliphatic rings. The maximum Gasteiger partial charge on any atom is 0.311 e. The average Bonchev–Trinajstić information content (AvgIpc) is 3.09. The predicted molar refractivity (Wildman–Crippen MR) is 101 cm³/mol. The van der Waals surface area contributed by atoms with Gasteiger partial charge in [-0.1, -0.05) is 18.2 Å². The first kappa shape index (κ1) is 17.6. The Labute approximate surface area is 154 Å². The molecule has 0 spiro atoms. The van der Waals surface area contributed by atoms with Crippen molar-refractivity contribution in [1.82, 2.24) is 9.88 Å². The summed E-state index contributed by atoms with van der Waals surface area (Å²) in [7, 11) is 1.48. The molecule has 0 saturated carbocycles. The minimum absolute atomic E-state index is 0.100. The Morgan fingerprint density at radius 2 is 2.19 bits per heavy atom. The van der Waals surface area contributed by atoms with Crippen LogP contribution >= 0.6 is 0 Å². The van der Waals surface area contributed by atoms with Gasteiger partial charge in [0.25, 0.3) is 0 Å². The van der Waals surface area contributed by atoms with E-state index in [1.165, 1.54) is 23.6 Å². The van der Waals surface area contributed by atoms with Crippen molar-refractivity contribution >= 4 is 16.9 Å². The molecule has 3 heterocycles. The van der Waals surface area contributed by atoms with Crippen LogP contribution < -0.4 is 0 Å². The van der Waals surface area contributed by atoms with Crippen LogP contribution in [0.3, 0.4) is 0 Å². The number of fused-ring (bicyclic) bond motifs is 2. The number of carbonyl (C=O) groups excluding carboxylic acids is 1. The molecule has 0 bridgehead atoms. The van der Waals surface area contributed by atoms with E-state index >= 15 is 0 Å². The van der Waals surface area contributed by atoms with Gasteiger partial charge in [0.1, 0.15) is 0 Å². The average molecular weight is 356 g/mol. The van der Waals surface area contributed by atoms with E-state index in [1.54, 1.807) is 0 Å². The highest BCUT2D eigenvalue weighted by molar-refractivity contribution is 5.83. The Hall–Kier alpha value is -1.85. The van der Waals surface area contributed by atoms with Gasteiger partial charge < -0.3 is 19.4 Å². The van der Waals surface area contributed by atoms with Gasteiger partial charge >= 0.3 is 5.97 Å². The molecule has 1 N–H and O–H groups in total. The summed E-state index contributed by atoms with van der Waals surface area (Å²) >= 11 is 0. The standard InChI is InChI=1S/C21H28N2O3/c1-14-18-12-23(10-8-17(18)19(13-26-14)21(24)25-2)9-7-15-11-22-20-6-4-3-5-16(15)20/h3-6,11,14,17-19,22H,7-10,12-13H2,1-2H3. The zero-order valence-electron chi connectivity index (χ0n) is 15.6. The number of para-hydroxylation sites is 1. The smallest absolute Gasteiger partial charge is 0.311 e. The van der Waals surface area contributed by atoms with Crippen molar-refractivity contribution < 1.29 is 14.3 Å². The number of H-pyrrole nitrogens is 1. The molecular formula is C21H28N2O3. The van der Waals surface area contributed by atoms with E-state index in [2.05, 4.69) is 47.3 Å². The number of hydrogen-bond donors (Lipinski definition) is 1. The number of hydrogen-bond acceptors (Lipinski definition) is 4. The summed E-state index contributed by atoms with van der Waals surface area (Å²) in [6.45, 7) is 5.74. The highest BCUT2D eigenvalue weighted by atomic mass is 16.5. The van der Waals surface area contributed by atoms with E-state index in [4.69, 9.17) is 9.47 Å². The van der Waals surface area contributed by atoms with E-state index in [0.29, 0.717) is 18.4 Å². The third kappa shape index (κ3) is 3.26. The Bertz CT molecular complexity index is 771. The van der Waals surface area contributed by atoms with Crippen molar-refractivity contribution in [1.29, 1.82) is 0 Å². The molecule has 4 rings (SSSR count). The molecule has 1 aromatic carbocycles. The fourth-order valence-corrected chi connectivity index (χ4v) is 4.78. The molecule has 5 heteroatoms. The second-order valence-electron chi connectivity index (χ2n) is 7.69. The molecule has 0 radical (unpaired) electrons. The maximum absolute atomic E-state index is 12.1. The molecule has 140 valence electrons.